The summed E-state index contributed by atoms with van der Waals surface area (Å²) < 4.78 is 0. The molecule has 0 saturated heterocycles. The molecular formula is C8H9ClN2O2S. The molecule has 0 fully saturated rings. The van der Waals surface area contributed by atoms with E-state index < -0.39 is 5.97 Å². The molecule has 0 unspecified atom stereocenters. The topological polar surface area (TPSA) is 53.4 Å². The number of carboxylic acid groups (broad SMARTS) is 1. The Hall–Kier alpha value is -1.07. The molecule has 6 heteroatoms. The van der Waals surface area contributed by atoms with E-state index in [4.69, 9.17) is 16.7 Å². The van der Waals surface area contributed by atoms with Crippen molar-refractivity contribution >= 4 is 34.0 Å². The van der Waals surface area contributed by atoms with Gasteiger partial charge in [-0.25, -0.2) is 4.98 Å². The van der Waals surface area contributed by atoms with Crippen LogP contribution in [0.5, 0.6) is 0 Å². The van der Waals surface area contributed by atoms with Crippen LogP contribution in [0.1, 0.15) is 0 Å². The van der Waals surface area contributed by atoms with E-state index in [1.165, 1.54) is 11.3 Å². The molecule has 14 heavy (non-hydrogen) atoms. The van der Waals surface area contributed by atoms with Crippen LogP contribution in [0, 0.1) is 0 Å². The second kappa shape index (κ2) is 4.97. The van der Waals surface area contributed by atoms with Gasteiger partial charge in [0.15, 0.2) is 5.13 Å². The van der Waals surface area contributed by atoms with Crippen molar-refractivity contribution in [1.29, 1.82) is 0 Å². The molecule has 0 saturated carbocycles. The molecule has 1 rings (SSSR count). The molecule has 1 aromatic heterocycles. The summed E-state index contributed by atoms with van der Waals surface area (Å²) in [5.74, 6) is -0.904. The average Bonchev–Trinajstić information content (AvgIpc) is 2.50. The second-order valence-electron chi connectivity index (χ2n) is 2.52. The molecule has 0 spiro atoms. The third-order valence-electron chi connectivity index (χ3n) is 1.41. The SMILES string of the molecule is C=CCN(CC(=O)O)c1nc(Cl)cs1. The number of rotatable bonds is 5. The van der Waals surface area contributed by atoms with Crippen LogP contribution in [-0.2, 0) is 4.79 Å². The van der Waals surface area contributed by atoms with Gasteiger partial charge in [-0.3, -0.25) is 4.79 Å². The predicted octanol–water partition coefficient (Wildman–Crippen LogP) is 1.87. The van der Waals surface area contributed by atoms with Crippen LogP contribution in [0.4, 0.5) is 5.13 Å². The summed E-state index contributed by atoms with van der Waals surface area (Å²) in [5, 5.41) is 11.3. The Morgan fingerprint density at radius 2 is 2.57 bits per heavy atom. The first-order chi connectivity index (χ1) is 6.63. The number of carbonyl (C=O) groups is 1. The summed E-state index contributed by atoms with van der Waals surface area (Å²) in [4.78, 5) is 16.1. The maximum atomic E-state index is 10.5. The Labute approximate surface area is 90.4 Å². The molecule has 1 N–H and O–H groups in total. The van der Waals surface area contributed by atoms with E-state index in [1.807, 2.05) is 0 Å². The van der Waals surface area contributed by atoms with Gasteiger partial charge in [-0.15, -0.1) is 17.9 Å². The summed E-state index contributed by atoms with van der Waals surface area (Å²) in [6, 6.07) is 0. The standard InChI is InChI=1S/C8H9ClN2O2S/c1-2-3-11(4-7(12)13)8-10-6(9)5-14-8/h2,5H,1,3-4H2,(H,12,13). The van der Waals surface area contributed by atoms with Crippen LogP contribution in [0.15, 0.2) is 18.0 Å². The molecule has 0 aliphatic rings. The quantitative estimate of drug-likeness (QED) is 0.788. The zero-order valence-electron chi connectivity index (χ0n) is 7.31. The summed E-state index contributed by atoms with van der Waals surface area (Å²) in [6.45, 7) is 3.89. The average molecular weight is 233 g/mol. The van der Waals surface area contributed by atoms with Gasteiger partial charge < -0.3 is 10.0 Å². The number of anilines is 1. The number of hydrogen-bond donors (Lipinski definition) is 1. The van der Waals surface area contributed by atoms with Gasteiger partial charge in [0.05, 0.1) is 0 Å². The molecule has 0 amide bonds. The molecular weight excluding hydrogens is 224 g/mol. The summed E-state index contributed by atoms with van der Waals surface area (Å²) >= 11 is 6.95. The van der Waals surface area contributed by atoms with E-state index in [1.54, 1.807) is 16.4 Å². The van der Waals surface area contributed by atoms with Gasteiger partial charge in [0.1, 0.15) is 11.7 Å². The van der Waals surface area contributed by atoms with E-state index in [0.717, 1.165) is 0 Å². The molecule has 0 aliphatic heterocycles. The second-order valence-corrected chi connectivity index (χ2v) is 3.74. The Morgan fingerprint density at radius 1 is 1.86 bits per heavy atom. The van der Waals surface area contributed by atoms with Gasteiger partial charge in [-0.2, -0.15) is 0 Å². The number of aliphatic carboxylic acids is 1. The van der Waals surface area contributed by atoms with Crippen LogP contribution in [-0.4, -0.2) is 29.1 Å². The first-order valence-electron chi connectivity index (χ1n) is 3.82. The van der Waals surface area contributed by atoms with E-state index in [-0.39, 0.29) is 6.54 Å². The number of thiazole rings is 1. The van der Waals surface area contributed by atoms with Crippen molar-refractivity contribution in [1.82, 2.24) is 4.98 Å². The highest BCUT2D eigenvalue weighted by atomic mass is 35.5. The van der Waals surface area contributed by atoms with Crippen molar-refractivity contribution in [3.63, 3.8) is 0 Å². The molecule has 0 radical (unpaired) electrons. The maximum absolute atomic E-state index is 10.5. The highest BCUT2D eigenvalue weighted by molar-refractivity contribution is 7.14. The molecule has 0 aliphatic carbocycles. The van der Waals surface area contributed by atoms with E-state index in [9.17, 15) is 4.79 Å². The monoisotopic (exact) mass is 232 g/mol. The van der Waals surface area contributed by atoms with Gasteiger partial charge in [-0.1, -0.05) is 17.7 Å². The predicted molar refractivity (Wildman–Crippen MR) is 57.2 cm³/mol. The fraction of sp³-hybridized carbons (Fsp3) is 0.250. The minimum absolute atomic E-state index is 0.101. The number of carboxylic acids is 1. The van der Waals surface area contributed by atoms with Gasteiger partial charge in [-0.05, 0) is 0 Å². The van der Waals surface area contributed by atoms with E-state index >= 15 is 0 Å². The van der Waals surface area contributed by atoms with Crippen LogP contribution >= 0.6 is 22.9 Å². The molecule has 4 nitrogen and oxygen atoms in total. The normalized spacial score (nSPS) is 9.79. The Morgan fingerprint density at radius 3 is 3.00 bits per heavy atom. The lowest BCUT2D eigenvalue weighted by atomic mass is 10.5. The zero-order valence-corrected chi connectivity index (χ0v) is 8.88. The summed E-state index contributed by atoms with van der Waals surface area (Å²) in [6.07, 6.45) is 1.62. The Bertz CT molecular complexity index is 340. The van der Waals surface area contributed by atoms with Crippen molar-refractivity contribution < 1.29 is 9.90 Å². The number of hydrogen-bond acceptors (Lipinski definition) is 4. The zero-order chi connectivity index (χ0) is 10.6. The number of nitrogens with zero attached hydrogens (tertiary/aromatic N) is 2. The van der Waals surface area contributed by atoms with Crippen LogP contribution in [0.25, 0.3) is 0 Å². The highest BCUT2D eigenvalue weighted by Crippen LogP contribution is 2.22. The third kappa shape index (κ3) is 3.01. The van der Waals surface area contributed by atoms with Crippen LogP contribution in [0.2, 0.25) is 5.15 Å². The van der Waals surface area contributed by atoms with Crippen LogP contribution < -0.4 is 4.90 Å². The molecule has 1 aromatic rings. The van der Waals surface area contributed by atoms with Gasteiger partial charge in [0.2, 0.25) is 0 Å². The first kappa shape index (κ1) is 11.0. The van der Waals surface area contributed by atoms with E-state index in [2.05, 4.69) is 11.6 Å². The lowest BCUT2D eigenvalue weighted by molar-refractivity contribution is -0.135. The van der Waals surface area contributed by atoms with Crippen molar-refractivity contribution in [3.05, 3.63) is 23.2 Å². The lowest BCUT2D eigenvalue weighted by Crippen LogP contribution is -2.29. The maximum Gasteiger partial charge on any atom is 0.323 e. The molecule has 1 heterocycles. The van der Waals surface area contributed by atoms with Gasteiger partial charge >= 0.3 is 5.97 Å². The van der Waals surface area contributed by atoms with Crippen LogP contribution in [0.3, 0.4) is 0 Å². The fourth-order valence-electron chi connectivity index (χ4n) is 0.920. The smallest absolute Gasteiger partial charge is 0.323 e. The van der Waals surface area contributed by atoms with Crippen molar-refractivity contribution in [2.24, 2.45) is 0 Å². The molecule has 0 atom stereocenters. The number of aromatic nitrogens is 1. The number of halogens is 1. The summed E-state index contributed by atoms with van der Waals surface area (Å²) in [5.41, 5.74) is 0. The molecule has 0 aromatic carbocycles. The van der Waals surface area contributed by atoms with Crippen molar-refractivity contribution in [2.45, 2.75) is 0 Å². The largest absolute Gasteiger partial charge is 0.480 e. The Balaban J connectivity index is 2.76. The first-order valence-corrected chi connectivity index (χ1v) is 5.08. The Kier molecular flexibility index (Phi) is 3.91. The summed E-state index contributed by atoms with van der Waals surface area (Å²) in [7, 11) is 0. The minimum Gasteiger partial charge on any atom is -0.480 e. The van der Waals surface area contributed by atoms with Gasteiger partial charge in [0.25, 0.3) is 0 Å². The third-order valence-corrected chi connectivity index (χ3v) is 2.63. The fourth-order valence-corrected chi connectivity index (χ4v) is 1.88. The van der Waals surface area contributed by atoms with E-state index in [0.29, 0.717) is 16.8 Å². The van der Waals surface area contributed by atoms with Crippen molar-refractivity contribution in [2.75, 3.05) is 18.0 Å². The highest BCUT2D eigenvalue weighted by Gasteiger charge is 2.12. The molecule has 76 valence electrons. The minimum atomic E-state index is -0.904. The lowest BCUT2D eigenvalue weighted by Gasteiger charge is -2.16. The van der Waals surface area contributed by atoms with Crippen molar-refractivity contribution in [3.8, 4) is 0 Å². The molecule has 0 bridgehead atoms. The van der Waals surface area contributed by atoms with Gasteiger partial charge in [0, 0.05) is 11.9 Å².